The second-order valence-electron chi connectivity index (χ2n) is 2.44. The molecule has 0 aliphatic heterocycles. The predicted octanol–water partition coefficient (Wildman–Crippen LogP) is 1.35. The standard InChI is InChI=1S/C7H13O4P/c1-11-7(8)5-3-4-6-12(2,9)10/h4,6H,3,5H2,1-2H3,(H,9,10). The molecule has 0 fully saturated rings. The Morgan fingerprint density at radius 1 is 1.67 bits per heavy atom. The molecular formula is C7H13O4P. The number of ether oxygens (including phenoxy) is 1. The van der Waals surface area contributed by atoms with Crippen LogP contribution in [0.4, 0.5) is 0 Å². The zero-order valence-electron chi connectivity index (χ0n) is 7.19. The lowest BCUT2D eigenvalue weighted by Gasteiger charge is -1.96. The van der Waals surface area contributed by atoms with Gasteiger partial charge in [-0.25, -0.2) is 0 Å². The molecule has 1 atom stereocenters. The lowest BCUT2D eigenvalue weighted by Crippen LogP contribution is -1.97. The summed E-state index contributed by atoms with van der Waals surface area (Å²) in [5.74, 6) is 0.902. The van der Waals surface area contributed by atoms with E-state index in [1.54, 1.807) is 0 Å². The first-order valence-corrected chi connectivity index (χ1v) is 5.68. The number of allylic oxidation sites excluding steroid dienone is 1. The maximum absolute atomic E-state index is 10.7. The molecule has 1 N–H and O–H groups in total. The first kappa shape index (κ1) is 11.4. The van der Waals surface area contributed by atoms with E-state index in [1.165, 1.54) is 25.7 Å². The number of rotatable bonds is 4. The lowest BCUT2D eigenvalue weighted by atomic mass is 10.3. The molecule has 0 radical (unpaired) electrons. The quantitative estimate of drug-likeness (QED) is 0.539. The van der Waals surface area contributed by atoms with Gasteiger partial charge in [-0.2, -0.15) is 0 Å². The van der Waals surface area contributed by atoms with Gasteiger partial charge in [-0.3, -0.25) is 9.36 Å². The van der Waals surface area contributed by atoms with Gasteiger partial charge in [0.2, 0.25) is 7.37 Å². The molecule has 0 saturated carbocycles. The average Bonchev–Trinajstić information content (AvgIpc) is 1.96. The van der Waals surface area contributed by atoms with Gasteiger partial charge in [0.1, 0.15) is 0 Å². The van der Waals surface area contributed by atoms with E-state index >= 15 is 0 Å². The normalized spacial score (nSPS) is 15.9. The molecule has 70 valence electrons. The third-order valence-electron chi connectivity index (χ3n) is 1.12. The lowest BCUT2D eigenvalue weighted by molar-refractivity contribution is -0.140. The molecule has 5 heteroatoms. The van der Waals surface area contributed by atoms with Gasteiger partial charge in [0, 0.05) is 13.1 Å². The SMILES string of the molecule is COC(=O)CCC=CP(C)(=O)O. The smallest absolute Gasteiger partial charge is 0.305 e. The summed E-state index contributed by atoms with van der Waals surface area (Å²) < 4.78 is 15.1. The van der Waals surface area contributed by atoms with Gasteiger partial charge in [-0.15, -0.1) is 0 Å². The molecule has 0 aromatic heterocycles. The molecule has 0 spiro atoms. The highest BCUT2D eigenvalue weighted by molar-refractivity contribution is 7.60. The van der Waals surface area contributed by atoms with Crippen molar-refractivity contribution >= 4 is 13.3 Å². The summed E-state index contributed by atoms with van der Waals surface area (Å²) in [4.78, 5) is 19.3. The number of hydrogen-bond acceptors (Lipinski definition) is 3. The van der Waals surface area contributed by atoms with Crippen LogP contribution in [0.5, 0.6) is 0 Å². The fraction of sp³-hybridized carbons (Fsp3) is 0.571. The Labute approximate surface area is 71.7 Å². The zero-order valence-corrected chi connectivity index (χ0v) is 8.08. The molecule has 0 aliphatic carbocycles. The highest BCUT2D eigenvalue weighted by Crippen LogP contribution is 2.36. The number of hydrogen-bond donors (Lipinski definition) is 1. The molecule has 0 saturated heterocycles. The van der Waals surface area contributed by atoms with E-state index < -0.39 is 7.37 Å². The summed E-state index contributed by atoms with van der Waals surface area (Å²) in [5, 5.41) is 0. The molecule has 1 unspecified atom stereocenters. The van der Waals surface area contributed by atoms with E-state index in [9.17, 15) is 9.36 Å². The highest BCUT2D eigenvalue weighted by Gasteiger charge is 2.02. The number of methoxy groups -OCH3 is 1. The van der Waals surface area contributed by atoms with Crippen LogP contribution >= 0.6 is 7.37 Å². The summed E-state index contributed by atoms with van der Waals surface area (Å²) >= 11 is 0. The first-order valence-electron chi connectivity index (χ1n) is 3.50. The minimum atomic E-state index is -3.07. The van der Waals surface area contributed by atoms with E-state index in [0.29, 0.717) is 6.42 Å². The van der Waals surface area contributed by atoms with Crippen molar-refractivity contribution in [2.45, 2.75) is 12.8 Å². The Hall–Kier alpha value is -0.600. The van der Waals surface area contributed by atoms with Gasteiger partial charge in [-0.05, 0) is 12.2 Å². The monoisotopic (exact) mass is 192 g/mol. The summed E-state index contributed by atoms with van der Waals surface area (Å²) in [7, 11) is -1.76. The molecule has 0 aromatic carbocycles. The Morgan fingerprint density at radius 2 is 2.25 bits per heavy atom. The van der Waals surface area contributed by atoms with Crippen molar-refractivity contribution in [1.29, 1.82) is 0 Å². The van der Waals surface area contributed by atoms with Gasteiger partial charge < -0.3 is 9.63 Å². The fourth-order valence-electron chi connectivity index (χ4n) is 0.573. The van der Waals surface area contributed by atoms with Crippen molar-refractivity contribution < 1.29 is 19.0 Å². The largest absolute Gasteiger partial charge is 0.469 e. The minimum absolute atomic E-state index is 0.243. The van der Waals surface area contributed by atoms with Gasteiger partial charge in [0.25, 0.3) is 0 Å². The average molecular weight is 192 g/mol. The van der Waals surface area contributed by atoms with Crippen molar-refractivity contribution in [3.05, 3.63) is 11.9 Å². The third kappa shape index (κ3) is 7.51. The number of esters is 1. The van der Waals surface area contributed by atoms with Crippen LogP contribution in [0.1, 0.15) is 12.8 Å². The molecule has 4 nitrogen and oxygen atoms in total. The van der Waals surface area contributed by atoms with Crippen LogP contribution in [0.2, 0.25) is 0 Å². The van der Waals surface area contributed by atoms with Crippen LogP contribution in [-0.4, -0.2) is 24.6 Å². The summed E-state index contributed by atoms with van der Waals surface area (Å²) in [6, 6.07) is 0. The van der Waals surface area contributed by atoms with Crippen molar-refractivity contribution in [1.82, 2.24) is 0 Å². The van der Waals surface area contributed by atoms with Gasteiger partial charge in [-0.1, -0.05) is 6.08 Å². The molecule has 0 aromatic rings. The predicted molar refractivity (Wildman–Crippen MR) is 46.1 cm³/mol. The molecule has 12 heavy (non-hydrogen) atoms. The minimum Gasteiger partial charge on any atom is -0.469 e. The van der Waals surface area contributed by atoms with E-state index in [2.05, 4.69) is 4.74 Å². The molecule has 0 bridgehead atoms. The Balaban J connectivity index is 3.64. The van der Waals surface area contributed by atoms with Crippen molar-refractivity contribution in [3.63, 3.8) is 0 Å². The topological polar surface area (TPSA) is 63.6 Å². The van der Waals surface area contributed by atoms with E-state index in [0.717, 1.165) is 0 Å². The Morgan fingerprint density at radius 3 is 2.67 bits per heavy atom. The van der Waals surface area contributed by atoms with Crippen LogP contribution < -0.4 is 0 Å². The Bertz CT molecular complexity index is 215. The third-order valence-corrected chi connectivity index (χ3v) is 1.89. The van der Waals surface area contributed by atoms with E-state index in [1.807, 2.05) is 0 Å². The number of carbonyl (C=O) groups is 1. The van der Waals surface area contributed by atoms with Gasteiger partial charge in [0.05, 0.1) is 7.11 Å². The van der Waals surface area contributed by atoms with Crippen LogP contribution in [0.3, 0.4) is 0 Å². The molecular weight excluding hydrogens is 179 g/mol. The van der Waals surface area contributed by atoms with Gasteiger partial charge in [0.15, 0.2) is 0 Å². The van der Waals surface area contributed by atoms with Crippen LogP contribution in [-0.2, 0) is 14.1 Å². The van der Waals surface area contributed by atoms with Crippen LogP contribution in [0, 0.1) is 0 Å². The first-order chi connectivity index (χ1) is 5.45. The molecule has 0 heterocycles. The maximum atomic E-state index is 10.7. The van der Waals surface area contributed by atoms with Gasteiger partial charge >= 0.3 is 5.97 Å². The molecule has 0 rings (SSSR count). The summed E-state index contributed by atoms with van der Waals surface area (Å²) in [5.41, 5.74) is 0. The van der Waals surface area contributed by atoms with Crippen LogP contribution in [0.25, 0.3) is 0 Å². The van der Waals surface area contributed by atoms with Crippen molar-refractivity contribution in [3.8, 4) is 0 Å². The highest BCUT2D eigenvalue weighted by atomic mass is 31.2. The van der Waals surface area contributed by atoms with Crippen molar-refractivity contribution in [2.24, 2.45) is 0 Å². The molecule has 0 amide bonds. The second kappa shape index (κ2) is 5.12. The second-order valence-corrected chi connectivity index (χ2v) is 4.63. The fourth-order valence-corrected chi connectivity index (χ4v) is 1.11. The summed E-state index contributed by atoms with van der Waals surface area (Å²) in [6.45, 7) is 1.24. The van der Waals surface area contributed by atoms with E-state index in [-0.39, 0.29) is 12.4 Å². The number of carbonyl (C=O) groups excluding carboxylic acids is 1. The molecule has 0 aliphatic rings. The van der Waals surface area contributed by atoms with E-state index in [4.69, 9.17) is 4.89 Å². The zero-order chi connectivity index (χ0) is 9.61. The Kier molecular flexibility index (Phi) is 4.86. The van der Waals surface area contributed by atoms with Crippen molar-refractivity contribution in [2.75, 3.05) is 13.8 Å². The summed E-state index contributed by atoms with van der Waals surface area (Å²) in [6.07, 6.45) is 2.19. The van der Waals surface area contributed by atoms with Crippen LogP contribution in [0.15, 0.2) is 11.9 Å². The maximum Gasteiger partial charge on any atom is 0.305 e.